The van der Waals surface area contributed by atoms with E-state index >= 15 is 0 Å². The van der Waals surface area contributed by atoms with Gasteiger partial charge in [0, 0.05) is 6.54 Å². The van der Waals surface area contributed by atoms with Gasteiger partial charge in [-0.25, -0.2) is 0 Å². The fraction of sp³-hybridized carbons (Fsp3) is 0.450. The first-order chi connectivity index (χ1) is 12.3. The van der Waals surface area contributed by atoms with Gasteiger partial charge in [0.1, 0.15) is 5.75 Å². The molecular weight excluding hydrogens is 332 g/mol. The Morgan fingerprint density at radius 1 is 1.24 bits per heavy atom. The molecule has 25 heavy (non-hydrogen) atoms. The van der Waals surface area contributed by atoms with E-state index in [4.69, 9.17) is 4.74 Å². The molecule has 2 aromatic rings. The second kappa shape index (κ2) is 9.02. The normalized spacial score (nSPS) is 15.9. The van der Waals surface area contributed by atoms with Crippen LogP contribution in [0.25, 0.3) is 0 Å². The van der Waals surface area contributed by atoms with Crippen molar-refractivity contribution in [3.8, 4) is 5.75 Å². The predicted octanol–water partition coefficient (Wildman–Crippen LogP) is 3.64. The lowest BCUT2D eigenvalue weighted by Gasteiger charge is -2.27. The SMILES string of the molecule is CCc1ccc(OCC(=O)NCC(c2ccsc2)N2CCCC2)cc1. The molecule has 0 spiro atoms. The van der Waals surface area contributed by atoms with Gasteiger partial charge in [-0.1, -0.05) is 19.1 Å². The number of aryl methyl sites for hydroxylation is 1. The van der Waals surface area contributed by atoms with E-state index in [1.54, 1.807) is 11.3 Å². The summed E-state index contributed by atoms with van der Waals surface area (Å²) in [7, 11) is 0. The summed E-state index contributed by atoms with van der Waals surface area (Å²) in [6, 6.07) is 10.3. The van der Waals surface area contributed by atoms with Gasteiger partial charge in [-0.05, 0) is 72.4 Å². The van der Waals surface area contributed by atoms with Gasteiger partial charge in [-0.3, -0.25) is 9.69 Å². The first kappa shape index (κ1) is 18.0. The summed E-state index contributed by atoms with van der Waals surface area (Å²) < 4.78 is 5.59. The van der Waals surface area contributed by atoms with Gasteiger partial charge in [-0.15, -0.1) is 0 Å². The molecule has 1 aromatic heterocycles. The van der Waals surface area contributed by atoms with Crippen molar-refractivity contribution < 1.29 is 9.53 Å². The maximum absolute atomic E-state index is 12.2. The number of carbonyl (C=O) groups is 1. The van der Waals surface area contributed by atoms with Gasteiger partial charge >= 0.3 is 0 Å². The molecule has 1 aliphatic rings. The van der Waals surface area contributed by atoms with Crippen LogP contribution < -0.4 is 10.1 Å². The molecule has 4 nitrogen and oxygen atoms in total. The zero-order valence-electron chi connectivity index (χ0n) is 14.7. The van der Waals surface area contributed by atoms with Gasteiger partial charge in [0.05, 0.1) is 6.04 Å². The number of thiophene rings is 1. The van der Waals surface area contributed by atoms with Crippen molar-refractivity contribution in [3.05, 3.63) is 52.2 Å². The van der Waals surface area contributed by atoms with E-state index in [1.165, 1.54) is 24.0 Å². The highest BCUT2D eigenvalue weighted by Gasteiger charge is 2.24. The average molecular weight is 359 g/mol. The summed E-state index contributed by atoms with van der Waals surface area (Å²) in [6.07, 6.45) is 3.48. The number of hydrogen-bond acceptors (Lipinski definition) is 4. The third-order valence-corrected chi connectivity index (χ3v) is 5.40. The lowest BCUT2D eigenvalue weighted by atomic mass is 10.1. The molecule has 2 heterocycles. The molecule has 0 radical (unpaired) electrons. The molecular formula is C20H26N2O2S. The van der Waals surface area contributed by atoms with Gasteiger partial charge in [0.25, 0.3) is 5.91 Å². The molecule has 1 saturated heterocycles. The van der Waals surface area contributed by atoms with Crippen LogP contribution in [0, 0.1) is 0 Å². The van der Waals surface area contributed by atoms with E-state index < -0.39 is 0 Å². The largest absolute Gasteiger partial charge is 0.484 e. The molecule has 1 unspecified atom stereocenters. The van der Waals surface area contributed by atoms with Crippen LogP contribution in [0.2, 0.25) is 0 Å². The minimum absolute atomic E-state index is 0.0574. The minimum atomic E-state index is -0.0704. The molecule has 1 aliphatic heterocycles. The topological polar surface area (TPSA) is 41.6 Å². The predicted molar refractivity (Wildman–Crippen MR) is 102 cm³/mol. The Morgan fingerprint density at radius 3 is 2.64 bits per heavy atom. The van der Waals surface area contributed by atoms with Crippen molar-refractivity contribution in [2.24, 2.45) is 0 Å². The number of carbonyl (C=O) groups excluding carboxylic acids is 1. The Morgan fingerprint density at radius 2 is 2.00 bits per heavy atom. The van der Waals surface area contributed by atoms with Crippen molar-refractivity contribution in [3.63, 3.8) is 0 Å². The highest BCUT2D eigenvalue weighted by atomic mass is 32.1. The van der Waals surface area contributed by atoms with E-state index in [9.17, 15) is 4.79 Å². The molecule has 134 valence electrons. The second-order valence-electron chi connectivity index (χ2n) is 6.41. The summed E-state index contributed by atoms with van der Waals surface area (Å²) >= 11 is 1.71. The maximum Gasteiger partial charge on any atom is 0.258 e. The third-order valence-electron chi connectivity index (χ3n) is 4.70. The van der Waals surface area contributed by atoms with Crippen LogP contribution in [0.4, 0.5) is 0 Å². The number of benzene rings is 1. The average Bonchev–Trinajstić information content (AvgIpc) is 3.35. The smallest absolute Gasteiger partial charge is 0.258 e. The van der Waals surface area contributed by atoms with Crippen molar-refractivity contribution in [1.82, 2.24) is 10.2 Å². The first-order valence-corrected chi connectivity index (χ1v) is 9.95. The minimum Gasteiger partial charge on any atom is -0.484 e. The van der Waals surface area contributed by atoms with Crippen LogP contribution in [0.3, 0.4) is 0 Å². The quantitative estimate of drug-likeness (QED) is 0.783. The molecule has 1 atom stereocenters. The lowest BCUT2D eigenvalue weighted by Crippen LogP contribution is -2.38. The van der Waals surface area contributed by atoms with Crippen LogP contribution in [0.5, 0.6) is 5.75 Å². The van der Waals surface area contributed by atoms with Gasteiger partial charge in [-0.2, -0.15) is 11.3 Å². The fourth-order valence-electron chi connectivity index (χ4n) is 3.21. The maximum atomic E-state index is 12.2. The van der Waals surface area contributed by atoms with Gasteiger partial charge in [0.15, 0.2) is 6.61 Å². The molecule has 0 aliphatic carbocycles. The fourth-order valence-corrected chi connectivity index (χ4v) is 3.91. The van der Waals surface area contributed by atoms with Gasteiger partial charge in [0.2, 0.25) is 0 Å². The summed E-state index contributed by atoms with van der Waals surface area (Å²) in [4.78, 5) is 14.6. The molecule has 1 aromatic carbocycles. The monoisotopic (exact) mass is 358 g/mol. The van der Waals surface area contributed by atoms with Crippen molar-refractivity contribution in [2.75, 3.05) is 26.2 Å². The van der Waals surface area contributed by atoms with E-state index in [0.29, 0.717) is 6.54 Å². The van der Waals surface area contributed by atoms with Crippen LogP contribution >= 0.6 is 11.3 Å². The summed E-state index contributed by atoms with van der Waals surface area (Å²) in [5, 5.41) is 7.32. The Balaban J connectivity index is 1.49. The van der Waals surface area contributed by atoms with E-state index in [-0.39, 0.29) is 18.6 Å². The number of amides is 1. The van der Waals surface area contributed by atoms with Crippen molar-refractivity contribution >= 4 is 17.2 Å². The molecule has 1 amide bonds. The van der Waals surface area contributed by atoms with Crippen molar-refractivity contribution in [1.29, 1.82) is 0 Å². The Bertz CT molecular complexity index is 649. The van der Waals surface area contributed by atoms with E-state index in [2.05, 4.69) is 34.0 Å². The second-order valence-corrected chi connectivity index (χ2v) is 7.19. The number of likely N-dealkylation sites (tertiary alicyclic amines) is 1. The highest BCUT2D eigenvalue weighted by Crippen LogP contribution is 2.26. The number of hydrogen-bond donors (Lipinski definition) is 1. The zero-order valence-corrected chi connectivity index (χ0v) is 15.6. The Labute approximate surface area is 153 Å². The molecule has 0 saturated carbocycles. The number of nitrogens with zero attached hydrogens (tertiary/aromatic N) is 1. The molecule has 5 heteroatoms. The Kier molecular flexibility index (Phi) is 6.48. The van der Waals surface area contributed by atoms with Crippen LogP contribution in [-0.2, 0) is 11.2 Å². The number of rotatable bonds is 8. The van der Waals surface area contributed by atoms with Crippen LogP contribution in [-0.4, -0.2) is 37.0 Å². The molecule has 1 fully saturated rings. The van der Waals surface area contributed by atoms with Crippen molar-refractivity contribution in [2.45, 2.75) is 32.2 Å². The van der Waals surface area contributed by atoms with Crippen LogP contribution in [0.15, 0.2) is 41.1 Å². The third kappa shape index (κ3) is 5.06. The molecule has 3 rings (SSSR count). The van der Waals surface area contributed by atoms with E-state index in [1.807, 2.05) is 24.3 Å². The standard InChI is InChI=1S/C20H26N2O2S/c1-2-16-5-7-18(8-6-16)24-14-20(23)21-13-19(17-9-12-25-15-17)22-10-3-4-11-22/h5-9,12,15,19H,2-4,10-11,13-14H2,1H3,(H,21,23). The van der Waals surface area contributed by atoms with Gasteiger partial charge < -0.3 is 10.1 Å². The Hall–Kier alpha value is -1.85. The number of ether oxygens (including phenoxy) is 1. The first-order valence-electron chi connectivity index (χ1n) is 9.01. The highest BCUT2D eigenvalue weighted by molar-refractivity contribution is 7.07. The summed E-state index contributed by atoms with van der Waals surface area (Å²) in [5.74, 6) is 0.667. The van der Waals surface area contributed by atoms with Crippen LogP contribution in [0.1, 0.15) is 36.9 Å². The number of nitrogens with one attached hydrogen (secondary N) is 1. The molecule has 0 bridgehead atoms. The summed E-state index contributed by atoms with van der Waals surface area (Å²) in [6.45, 7) is 5.02. The van der Waals surface area contributed by atoms with E-state index in [0.717, 1.165) is 25.3 Å². The lowest BCUT2D eigenvalue weighted by molar-refractivity contribution is -0.123. The summed E-state index contributed by atoms with van der Waals surface area (Å²) in [5.41, 5.74) is 2.56. The molecule has 1 N–H and O–H groups in total. The zero-order chi connectivity index (χ0) is 17.5.